The summed E-state index contributed by atoms with van der Waals surface area (Å²) in [5.74, 6) is -0.0342. The van der Waals surface area contributed by atoms with E-state index in [2.05, 4.69) is 4.98 Å². The highest BCUT2D eigenvalue weighted by Crippen LogP contribution is 2.17. The number of nitrogens with zero attached hydrogens (tertiary/aromatic N) is 1. The van der Waals surface area contributed by atoms with Crippen LogP contribution in [0.15, 0.2) is 24.3 Å². The van der Waals surface area contributed by atoms with E-state index in [1.807, 2.05) is 19.1 Å². The highest BCUT2D eigenvalue weighted by atomic mass is 32.1. The fourth-order valence-electron chi connectivity index (χ4n) is 2.02. The third-order valence-corrected chi connectivity index (χ3v) is 3.30. The summed E-state index contributed by atoms with van der Waals surface area (Å²) in [6, 6.07) is 7.13. The molecule has 2 aromatic rings. The molecule has 0 bridgehead atoms. The Kier molecular flexibility index (Phi) is 3.48. The van der Waals surface area contributed by atoms with Crippen molar-refractivity contribution in [3.63, 3.8) is 0 Å². The maximum atomic E-state index is 11.5. The third-order valence-electron chi connectivity index (χ3n) is 3.02. The van der Waals surface area contributed by atoms with Crippen molar-refractivity contribution >= 4 is 23.8 Å². The predicted molar refractivity (Wildman–Crippen MR) is 75.7 cm³/mol. The van der Waals surface area contributed by atoms with Gasteiger partial charge in [-0.15, -0.1) is 0 Å². The van der Waals surface area contributed by atoms with Crippen LogP contribution in [0, 0.1) is 11.7 Å². The molecule has 0 unspecified atom stereocenters. The van der Waals surface area contributed by atoms with Gasteiger partial charge < -0.3 is 4.98 Å². The zero-order chi connectivity index (χ0) is 14.2. The first-order valence-electron chi connectivity index (χ1n) is 5.85. The van der Waals surface area contributed by atoms with E-state index in [1.165, 1.54) is 13.8 Å². The second kappa shape index (κ2) is 4.93. The van der Waals surface area contributed by atoms with Crippen LogP contribution < -0.4 is 0 Å². The van der Waals surface area contributed by atoms with Crippen molar-refractivity contribution in [1.82, 2.24) is 9.55 Å². The molecule has 0 aliphatic rings. The second-order valence-electron chi connectivity index (χ2n) is 4.39. The van der Waals surface area contributed by atoms with Crippen molar-refractivity contribution in [1.29, 1.82) is 0 Å². The molecule has 0 spiro atoms. The van der Waals surface area contributed by atoms with Crippen molar-refractivity contribution in [2.24, 2.45) is 0 Å². The van der Waals surface area contributed by atoms with Gasteiger partial charge in [-0.05, 0) is 50.3 Å². The molecule has 4 nitrogen and oxygen atoms in total. The van der Waals surface area contributed by atoms with Gasteiger partial charge in [0.2, 0.25) is 0 Å². The number of hydrogen-bond donors (Lipinski definition) is 1. The molecule has 98 valence electrons. The molecule has 0 saturated carbocycles. The number of benzene rings is 1. The molecule has 0 aliphatic heterocycles. The van der Waals surface area contributed by atoms with Crippen LogP contribution in [0.3, 0.4) is 0 Å². The molecule has 1 aromatic carbocycles. The number of carbonyl (C=O) groups is 2. The van der Waals surface area contributed by atoms with Crippen molar-refractivity contribution < 1.29 is 9.59 Å². The van der Waals surface area contributed by atoms with Crippen LogP contribution in [-0.2, 0) is 0 Å². The Morgan fingerprint density at radius 1 is 1.11 bits per heavy atom. The van der Waals surface area contributed by atoms with E-state index in [4.69, 9.17) is 12.2 Å². The Bertz CT molecular complexity index is 708. The van der Waals surface area contributed by atoms with Gasteiger partial charge in [-0.1, -0.05) is 0 Å². The molecule has 0 radical (unpaired) electrons. The van der Waals surface area contributed by atoms with Crippen LogP contribution in [-0.4, -0.2) is 21.1 Å². The van der Waals surface area contributed by atoms with E-state index in [-0.39, 0.29) is 11.6 Å². The van der Waals surface area contributed by atoms with Crippen LogP contribution in [0.25, 0.3) is 5.69 Å². The molecule has 19 heavy (non-hydrogen) atoms. The molecule has 1 heterocycles. The van der Waals surface area contributed by atoms with Crippen molar-refractivity contribution in [2.75, 3.05) is 0 Å². The highest BCUT2D eigenvalue weighted by molar-refractivity contribution is 7.71. The summed E-state index contributed by atoms with van der Waals surface area (Å²) >= 11 is 5.23. The van der Waals surface area contributed by atoms with Crippen LogP contribution in [0.2, 0.25) is 0 Å². The number of rotatable bonds is 3. The van der Waals surface area contributed by atoms with Gasteiger partial charge in [0, 0.05) is 23.9 Å². The number of carbonyl (C=O) groups excluding carboxylic acids is 2. The summed E-state index contributed by atoms with van der Waals surface area (Å²) in [5.41, 5.74) is 2.76. The maximum Gasteiger partial charge on any atom is 0.182 e. The second-order valence-corrected chi connectivity index (χ2v) is 4.77. The lowest BCUT2D eigenvalue weighted by Crippen LogP contribution is -2.01. The van der Waals surface area contributed by atoms with Crippen molar-refractivity contribution in [2.45, 2.75) is 20.8 Å². The molecule has 2 rings (SSSR count). The van der Waals surface area contributed by atoms with E-state index in [0.717, 1.165) is 11.4 Å². The zero-order valence-corrected chi connectivity index (χ0v) is 11.8. The van der Waals surface area contributed by atoms with Crippen LogP contribution >= 0.6 is 12.2 Å². The number of aromatic amines is 1. The number of Topliss-reactive ketones (excluding diaryl/α,β-unsaturated/α-hetero) is 2. The number of H-pyrrole nitrogens is 1. The van der Waals surface area contributed by atoms with Gasteiger partial charge in [-0.25, -0.2) is 0 Å². The molecule has 0 atom stereocenters. The summed E-state index contributed by atoms with van der Waals surface area (Å²) < 4.78 is 2.26. The minimum atomic E-state index is -0.0530. The van der Waals surface area contributed by atoms with Crippen LogP contribution in [0.1, 0.15) is 40.4 Å². The number of imidazole rings is 1. The standard InChI is InChI=1S/C14H14N2O2S/c1-8-13(10(3)18)15-14(19)16(8)12-6-4-11(5-7-12)9(2)17/h4-7H,1-3H3,(H,15,19). The third kappa shape index (κ3) is 2.42. The Balaban J connectivity index is 2.56. The van der Waals surface area contributed by atoms with E-state index in [1.54, 1.807) is 16.7 Å². The first-order chi connectivity index (χ1) is 8.91. The molecule has 1 aromatic heterocycles. The summed E-state index contributed by atoms with van der Waals surface area (Å²) in [7, 11) is 0. The predicted octanol–water partition coefficient (Wildman–Crippen LogP) is 3.25. The molecule has 0 amide bonds. The van der Waals surface area contributed by atoms with Crippen molar-refractivity contribution in [3.05, 3.63) is 46.0 Å². The topological polar surface area (TPSA) is 54.9 Å². The lowest BCUT2D eigenvalue weighted by Gasteiger charge is -2.06. The summed E-state index contributed by atoms with van der Waals surface area (Å²) in [6.07, 6.45) is 0. The molecule has 1 N–H and O–H groups in total. The summed E-state index contributed by atoms with van der Waals surface area (Å²) in [4.78, 5) is 25.6. The number of aromatic nitrogens is 2. The SMILES string of the molecule is CC(=O)c1ccc(-n2c(C)c(C(C)=O)[nH]c2=S)cc1. The zero-order valence-electron chi connectivity index (χ0n) is 11.0. The molecule has 0 saturated heterocycles. The Morgan fingerprint density at radius 2 is 1.68 bits per heavy atom. The van der Waals surface area contributed by atoms with Gasteiger partial charge in [0.05, 0.1) is 0 Å². The van der Waals surface area contributed by atoms with Gasteiger partial charge in [0.1, 0.15) is 5.69 Å². The first-order valence-corrected chi connectivity index (χ1v) is 6.26. The van der Waals surface area contributed by atoms with E-state index in [0.29, 0.717) is 16.0 Å². The highest BCUT2D eigenvalue weighted by Gasteiger charge is 2.13. The monoisotopic (exact) mass is 274 g/mol. The summed E-state index contributed by atoms with van der Waals surface area (Å²) in [5, 5.41) is 0. The molecular formula is C14H14N2O2S. The Hall–Kier alpha value is -2.01. The normalized spacial score (nSPS) is 10.5. The van der Waals surface area contributed by atoms with Crippen LogP contribution in [0.5, 0.6) is 0 Å². The smallest absolute Gasteiger partial charge is 0.182 e. The number of nitrogens with one attached hydrogen (secondary N) is 1. The minimum Gasteiger partial charge on any atom is -0.328 e. The lowest BCUT2D eigenvalue weighted by molar-refractivity contribution is 0.100. The Labute approximate surface area is 116 Å². The average Bonchev–Trinajstić information content (AvgIpc) is 2.65. The number of ketones is 2. The fraction of sp³-hybridized carbons (Fsp3) is 0.214. The largest absolute Gasteiger partial charge is 0.328 e. The number of hydrogen-bond acceptors (Lipinski definition) is 3. The molecule has 0 aliphatic carbocycles. The van der Waals surface area contributed by atoms with Gasteiger partial charge in [-0.2, -0.15) is 0 Å². The van der Waals surface area contributed by atoms with Crippen LogP contribution in [0.4, 0.5) is 0 Å². The molecule has 0 fully saturated rings. The van der Waals surface area contributed by atoms with Gasteiger partial charge in [0.25, 0.3) is 0 Å². The molecular weight excluding hydrogens is 260 g/mol. The van der Waals surface area contributed by atoms with E-state index in [9.17, 15) is 9.59 Å². The van der Waals surface area contributed by atoms with E-state index < -0.39 is 0 Å². The fourth-order valence-corrected chi connectivity index (χ4v) is 2.36. The lowest BCUT2D eigenvalue weighted by atomic mass is 10.1. The van der Waals surface area contributed by atoms with Gasteiger partial charge >= 0.3 is 0 Å². The molecule has 5 heteroatoms. The average molecular weight is 274 g/mol. The maximum absolute atomic E-state index is 11.5. The summed E-state index contributed by atoms with van der Waals surface area (Å²) in [6.45, 7) is 4.86. The van der Waals surface area contributed by atoms with E-state index >= 15 is 0 Å². The Morgan fingerprint density at radius 3 is 2.11 bits per heavy atom. The first kappa shape index (κ1) is 13.4. The van der Waals surface area contributed by atoms with Crippen molar-refractivity contribution in [3.8, 4) is 5.69 Å². The minimum absolute atomic E-state index is 0.0189. The van der Waals surface area contributed by atoms with Gasteiger partial charge in [-0.3, -0.25) is 14.2 Å². The quantitative estimate of drug-likeness (QED) is 0.690. The van der Waals surface area contributed by atoms with Gasteiger partial charge in [0.15, 0.2) is 16.3 Å².